The van der Waals surface area contributed by atoms with Gasteiger partial charge in [0.25, 0.3) is 0 Å². The van der Waals surface area contributed by atoms with Gasteiger partial charge in [0.2, 0.25) is 0 Å². The standard InChI is InChI=1S/C11H23N3O2/c1-2-3-4-5-6-7-8-16-10(15)9-14-11(12)13/h2-9H2,1H3,(H4,12,13,14). The van der Waals surface area contributed by atoms with Crippen molar-refractivity contribution < 1.29 is 9.53 Å². The third-order valence-electron chi connectivity index (χ3n) is 2.18. The Morgan fingerprint density at radius 1 is 1.25 bits per heavy atom. The van der Waals surface area contributed by atoms with Crippen LogP contribution in [0.3, 0.4) is 0 Å². The highest BCUT2D eigenvalue weighted by molar-refractivity contribution is 5.80. The van der Waals surface area contributed by atoms with Crippen molar-refractivity contribution in [3.8, 4) is 0 Å². The van der Waals surface area contributed by atoms with Gasteiger partial charge in [0.1, 0.15) is 6.54 Å². The molecule has 5 nitrogen and oxygen atoms in total. The summed E-state index contributed by atoms with van der Waals surface area (Å²) >= 11 is 0. The summed E-state index contributed by atoms with van der Waals surface area (Å²) in [5, 5.41) is 9.25. The molecular weight excluding hydrogens is 206 g/mol. The lowest BCUT2D eigenvalue weighted by atomic mass is 10.1. The molecule has 0 spiro atoms. The highest BCUT2D eigenvalue weighted by atomic mass is 16.5. The van der Waals surface area contributed by atoms with Crippen LogP contribution in [0.4, 0.5) is 0 Å². The summed E-state index contributed by atoms with van der Waals surface area (Å²) < 4.78 is 4.95. The van der Waals surface area contributed by atoms with E-state index in [0.29, 0.717) is 6.61 Å². The van der Waals surface area contributed by atoms with Crippen molar-refractivity contribution in [2.75, 3.05) is 13.2 Å². The van der Waals surface area contributed by atoms with Gasteiger partial charge >= 0.3 is 5.97 Å². The zero-order valence-electron chi connectivity index (χ0n) is 10.1. The zero-order chi connectivity index (χ0) is 12.2. The summed E-state index contributed by atoms with van der Waals surface area (Å²) in [5.41, 5.74) is 5.03. The molecule has 0 unspecified atom stereocenters. The van der Waals surface area contributed by atoms with Crippen molar-refractivity contribution in [2.24, 2.45) is 5.73 Å². The van der Waals surface area contributed by atoms with E-state index in [4.69, 9.17) is 15.9 Å². The van der Waals surface area contributed by atoms with E-state index < -0.39 is 0 Å². The first-order chi connectivity index (χ1) is 7.66. The predicted molar refractivity (Wildman–Crippen MR) is 64.3 cm³/mol. The first-order valence-corrected chi connectivity index (χ1v) is 5.90. The van der Waals surface area contributed by atoms with Gasteiger partial charge in [-0.05, 0) is 6.42 Å². The number of rotatable bonds is 9. The minimum Gasteiger partial charge on any atom is -0.464 e. The van der Waals surface area contributed by atoms with Gasteiger partial charge in [-0.3, -0.25) is 10.2 Å². The number of carbonyl (C=O) groups is 1. The van der Waals surface area contributed by atoms with E-state index in [1.165, 1.54) is 25.7 Å². The first kappa shape index (κ1) is 14.7. The molecule has 0 aromatic rings. The number of carbonyl (C=O) groups excluding carboxylic acids is 1. The van der Waals surface area contributed by atoms with E-state index in [1.807, 2.05) is 0 Å². The van der Waals surface area contributed by atoms with E-state index in [-0.39, 0.29) is 18.5 Å². The molecular formula is C11H23N3O2. The highest BCUT2D eigenvalue weighted by Crippen LogP contribution is 2.04. The lowest BCUT2D eigenvalue weighted by Gasteiger charge is -2.05. The fourth-order valence-corrected chi connectivity index (χ4v) is 1.29. The van der Waals surface area contributed by atoms with Gasteiger partial charge in [-0.2, -0.15) is 0 Å². The second-order valence-electron chi connectivity index (χ2n) is 3.76. The molecule has 0 atom stereocenters. The molecule has 0 rings (SSSR count). The van der Waals surface area contributed by atoms with Gasteiger partial charge < -0.3 is 15.8 Å². The first-order valence-electron chi connectivity index (χ1n) is 5.90. The van der Waals surface area contributed by atoms with Gasteiger partial charge in [-0.25, -0.2) is 0 Å². The van der Waals surface area contributed by atoms with E-state index in [0.717, 1.165) is 12.8 Å². The Morgan fingerprint density at radius 2 is 1.88 bits per heavy atom. The van der Waals surface area contributed by atoms with Crippen molar-refractivity contribution in [1.29, 1.82) is 5.41 Å². The maximum Gasteiger partial charge on any atom is 0.325 e. The summed E-state index contributed by atoms with van der Waals surface area (Å²) in [7, 11) is 0. The van der Waals surface area contributed by atoms with Gasteiger partial charge in [-0.15, -0.1) is 0 Å². The smallest absolute Gasteiger partial charge is 0.325 e. The second-order valence-corrected chi connectivity index (χ2v) is 3.76. The monoisotopic (exact) mass is 229 g/mol. The molecule has 0 amide bonds. The topological polar surface area (TPSA) is 88.2 Å². The molecule has 16 heavy (non-hydrogen) atoms. The molecule has 0 aliphatic heterocycles. The zero-order valence-corrected chi connectivity index (χ0v) is 10.1. The number of hydrogen-bond donors (Lipinski definition) is 3. The maximum absolute atomic E-state index is 11.0. The fourth-order valence-electron chi connectivity index (χ4n) is 1.29. The molecule has 0 aliphatic rings. The second kappa shape index (κ2) is 10.3. The summed E-state index contributed by atoms with van der Waals surface area (Å²) in [6, 6.07) is 0. The minimum atomic E-state index is -0.358. The van der Waals surface area contributed by atoms with Crippen LogP contribution in [0.2, 0.25) is 0 Å². The lowest BCUT2D eigenvalue weighted by Crippen LogP contribution is -2.35. The van der Waals surface area contributed by atoms with Crippen LogP contribution < -0.4 is 11.1 Å². The number of hydrogen-bond acceptors (Lipinski definition) is 3. The van der Waals surface area contributed by atoms with Crippen LogP contribution in [0.5, 0.6) is 0 Å². The van der Waals surface area contributed by atoms with Crippen LogP contribution in [0, 0.1) is 5.41 Å². The molecule has 4 N–H and O–H groups in total. The van der Waals surface area contributed by atoms with Crippen LogP contribution >= 0.6 is 0 Å². The molecule has 0 aromatic carbocycles. The summed E-state index contributed by atoms with van der Waals surface area (Å²) in [6.45, 7) is 2.62. The number of nitrogens with one attached hydrogen (secondary N) is 2. The van der Waals surface area contributed by atoms with Crippen molar-refractivity contribution >= 4 is 11.9 Å². The van der Waals surface area contributed by atoms with E-state index in [9.17, 15) is 4.79 Å². The van der Waals surface area contributed by atoms with Crippen LogP contribution in [-0.2, 0) is 9.53 Å². The van der Waals surface area contributed by atoms with Gasteiger partial charge in [0.05, 0.1) is 6.61 Å². The molecule has 5 heteroatoms. The van der Waals surface area contributed by atoms with Crippen LogP contribution in [-0.4, -0.2) is 25.1 Å². The summed E-state index contributed by atoms with van der Waals surface area (Å²) in [5.74, 6) is -0.569. The lowest BCUT2D eigenvalue weighted by molar-refractivity contribution is -0.142. The Kier molecular flexibility index (Phi) is 9.46. The minimum absolute atomic E-state index is 0.0227. The maximum atomic E-state index is 11.0. The number of unbranched alkanes of at least 4 members (excludes halogenated alkanes) is 5. The molecule has 0 saturated carbocycles. The fraction of sp³-hybridized carbons (Fsp3) is 0.818. The predicted octanol–water partition coefficient (Wildman–Crippen LogP) is 1.37. The average Bonchev–Trinajstić information content (AvgIpc) is 2.25. The SMILES string of the molecule is CCCCCCCCOC(=O)CNC(=N)N. The summed E-state index contributed by atoms with van der Waals surface area (Å²) in [4.78, 5) is 11.0. The molecule has 0 aliphatic carbocycles. The molecule has 0 saturated heterocycles. The summed E-state index contributed by atoms with van der Waals surface area (Å²) in [6.07, 6.45) is 7.00. The molecule has 0 bridgehead atoms. The van der Waals surface area contributed by atoms with E-state index >= 15 is 0 Å². The largest absolute Gasteiger partial charge is 0.464 e. The number of guanidine groups is 1. The van der Waals surface area contributed by atoms with Crippen molar-refractivity contribution in [3.63, 3.8) is 0 Å². The molecule has 0 heterocycles. The van der Waals surface area contributed by atoms with Crippen molar-refractivity contribution in [2.45, 2.75) is 45.4 Å². The normalized spacial score (nSPS) is 9.81. The molecule has 0 radical (unpaired) electrons. The Morgan fingerprint density at radius 3 is 2.50 bits per heavy atom. The average molecular weight is 229 g/mol. The quantitative estimate of drug-likeness (QED) is 0.241. The highest BCUT2D eigenvalue weighted by Gasteiger charge is 2.01. The Bertz CT molecular complexity index is 207. The Balaban J connectivity index is 3.18. The third kappa shape index (κ3) is 10.8. The van der Waals surface area contributed by atoms with E-state index in [2.05, 4.69) is 12.2 Å². The van der Waals surface area contributed by atoms with Crippen LogP contribution in [0.25, 0.3) is 0 Å². The Labute approximate surface area is 97.2 Å². The Hall–Kier alpha value is -1.26. The van der Waals surface area contributed by atoms with Crippen molar-refractivity contribution in [3.05, 3.63) is 0 Å². The van der Waals surface area contributed by atoms with E-state index in [1.54, 1.807) is 0 Å². The van der Waals surface area contributed by atoms with Gasteiger partial charge in [-0.1, -0.05) is 39.0 Å². The number of ether oxygens (including phenoxy) is 1. The van der Waals surface area contributed by atoms with Crippen molar-refractivity contribution in [1.82, 2.24) is 5.32 Å². The number of nitrogens with two attached hydrogens (primary N) is 1. The molecule has 0 aromatic heterocycles. The third-order valence-corrected chi connectivity index (χ3v) is 2.18. The number of esters is 1. The van der Waals surface area contributed by atoms with Crippen LogP contribution in [0.15, 0.2) is 0 Å². The molecule has 0 fully saturated rings. The van der Waals surface area contributed by atoms with Gasteiger partial charge in [0, 0.05) is 0 Å². The molecule has 94 valence electrons. The van der Waals surface area contributed by atoms with Crippen LogP contribution in [0.1, 0.15) is 45.4 Å². The van der Waals surface area contributed by atoms with Gasteiger partial charge in [0.15, 0.2) is 5.96 Å².